The fourth-order valence-electron chi connectivity index (χ4n) is 1.41. The number of carboxylic acid groups (broad SMARTS) is 1. The molecule has 0 bridgehead atoms. The summed E-state index contributed by atoms with van der Waals surface area (Å²) in [6, 6.07) is 4.37. The molecule has 0 aliphatic rings. The number of nitrogens with zero attached hydrogens (tertiary/aromatic N) is 2. The summed E-state index contributed by atoms with van der Waals surface area (Å²) in [4.78, 5) is 10.6. The van der Waals surface area contributed by atoms with Crippen molar-refractivity contribution in [1.82, 2.24) is 9.78 Å². The summed E-state index contributed by atoms with van der Waals surface area (Å²) in [5.41, 5.74) is 0.340. The molecule has 88 valence electrons. The lowest BCUT2D eigenvalue weighted by Gasteiger charge is -2.05. The van der Waals surface area contributed by atoms with Gasteiger partial charge in [0.05, 0.1) is 18.3 Å². The fraction of sp³-hybridized carbons (Fsp3) is 0.0909. The third-order valence-electron chi connectivity index (χ3n) is 2.26. The smallest absolute Gasteiger partial charge is 0.338 e. The van der Waals surface area contributed by atoms with Crippen molar-refractivity contribution >= 4 is 17.6 Å². The molecule has 1 heterocycles. The van der Waals surface area contributed by atoms with E-state index in [1.807, 2.05) is 0 Å². The molecule has 0 fully saturated rings. The summed E-state index contributed by atoms with van der Waals surface area (Å²) in [5.74, 6) is -1.51. The number of rotatable bonds is 3. The van der Waals surface area contributed by atoms with Crippen molar-refractivity contribution in [3.63, 3.8) is 0 Å². The average Bonchev–Trinajstić information content (AvgIpc) is 2.72. The first kappa shape index (κ1) is 11.6. The SMILES string of the molecule is O=C(O)c1cnn(Cc2c(F)cccc2Cl)c1. The number of aromatic carboxylic acids is 1. The van der Waals surface area contributed by atoms with Gasteiger partial charge in [-0.25, -0.2) is 9.18 Å². The third-order valence-corrected chi connectivity index (χ3v) is 2.62. The van der Waals surface area contributed by atoms with Crippen molar-refractivity contribution in [3.05, 3.63) is 52.6 Å². The Morgan fingerprint density at radius 1 is 1.53 bits per heavy atom. The second-order valence-electron chi connectivity index (χ2n) is 3.43. The quantitative estimate of drug-likeness (QED) is 0.915. The van der Waals surface area contributed by atoms with E-state index in [-0.39, 0.29) is 22.7 Å². The van der Waals surface area contributed by atoms with Gasteiger partial charge in [-0.2, -0.15) is 5.10 Å². The van der Waals surface area contributed by atoms with Crippen LogP contribution < -0.4 is 0 Å². The predicted molar refractivity (Wildman–Crippen MR) is 59.7 cm³/mol. The van der Waals surface area contributed by atoms with E-state index in [9.17, 15) is 9.18 Å². The monoisotopic (exact) mass is 254 g/mol. The number of hydrogen-bond acceptors (Lipinski definition) is 2. The molecule has 2 rings (SSSR count). The van der Waals surface area contributed by atoms with Crippen LogP contribution in [0.15, 0.2) is 30.6 Å². The Labute approximate surface area is 101 Å². The first-order valence-electron chi connectivity index (χ1n) is 4.76. The lowest BCUT2D eigenvalue weighted by molar-refractivity contribution is 0.0697. The molecule has 6 heteroatoms. The van der Waals surface area contributed by atoms with E-state index in [1.165, 1.54) is 29.2 Å². The topological polar surface area (TPSA) is 55.1 Å². The lowest BCUT2D eigenvalue weighted by atomic mass is 10.2. The number of halogens is 2. The molecule has 0 aliphatic heterocycles. The van der Waals surface area contributed by atoms with E-state index in [0.29, 0.717) is 0 Å². The molecule has 0 amide bonds. The van der Waals surface area contributed by atoms with Crippen molar-refractivity contribution < 1.29 is 14.3 Å². The van der Waals surface area contributed by atoms with Gasteiger partial charge < -0.3 is 5.11 Å². The first-order valence-corrected chi connectivity index (χ1v) is 5.14. The maximum atomic E-state index is 13.5. The van der Waals surface area contributed by atoms with Gasteiger partial charge in [0.2, 0.25) is 0 Å². The van der Waals surface area contributed by atoms with Gasteiger partial charge in [-0.15, -0.1) is 0 Å². The molecule has 1 N–H and O–H groups in total. The molecule has 0 atom stereocenters. The molecular weight excluding hydrogens is 247 g/mol. The van der Waals surface area contributed by atoms with Crippen molar-refractivity contribution in [2.45, 2.75) is 6.54 Å². The van der Waals surface area contributed by atoms with Crippen molar-refractivity contribution in [2.75, 3.05) is 0 Å². The molecular formula is C11H8ClFN2O2. The number of carbonyl (C=O) groups is 1. The van der Waals surface area contributed by atoms with Crippen LogP contribution in [-0.2, 0) is 6.54 Å². The predicted octanol–water partition coefficient (Wildman–Crippen LogP) is 2.42. The number of carboxylic acids is 1. The van der Waals surface area contributed by atoms with Crippen LogP contribution in [0.5, 0.6) is 0 Å². The number of benzene rings is 1. The van der Waals surface area contributed by atoms with E-state index in [2.05, 4.69) is 5.10 Å². The van der Waals surface area contributed by atoms with E-state index in [1.54, 1.807) is 6.07 Å². The zero-order valence-corrected chi connectivity index (χ0v) is 9.36. The minimum absolute atomic E-state index is 0.0532. The second-order valence-corrected chi connectivity index (χ2v) is 3.84. The minimum Gasteiger partial charge on any atom is -0.478 e. The molecule has 2 aromatic rings. The van der Waals surface area contributed by atoms with Crippen LogP contribution >= 0.6 is 11.6 Å². The summed E-state index contributed by atoms with van der Waals surface area (Å²) in [6.45, 7) is 0.0960. The zero-order chi connectivity index (χ0) is 12.4. The molecule has 0 aliphatic carbocycles. The van der Waals surface area contributed by atoms with E-state index < -0.39 is 11.8 Å². The summed E-state index contributed by atoms with van der Waals surface area (Å²) < 4.78 is 14.8. The molecule has 0 unspecified atom stereocenters. The molecule has 0 saturated heterocycles. The largest absolute Gasteiger partial charge is 0.478 e. The zero-order valence-electron chi connectivity index (χ0n) is 8.60. The summed E-state index contributed by atoms with van der Waals surface area (Å²) in [7, 11) is 0. The summed E-state index contributed by atoms with van der Waals surface area (Å²) >= 11 is 5.85. The molecule has 4 nitrogen and oxygen atoms in total. The van der Waals surface area contributed by atoms with Crippen LogP contribution in [0, 0.1) is 5.82 Å². The van der Waals surface area contributed by atoms with Gasteiger partial charge in [0, 0.05) is 16.8 Å². The molecule has 0 spiro atoms. The van der Waals surface area contributed by atoms with Gasteiger partial charge in [0.25, 0.3) is 0 Å². The maximum absolute atomic E-state index is 13.5. The van der Waals surface area contributed by atoms with E-state index >= 15 is 0 Å². The Hall–Kier alpha value is -1.88. The van der Waals surface area contributed by atoms with E-state index in [0.717, 1.165) is 0 Å². The molecule has 1 aromatic carbocycles. The van der Waals surface area contributed by atoms with Crippen LogP contribution in [0.4, 0.5) is 4.39 Å². The van der Waals surface area contributed by atoms with Gasteiger partial charge >= 0.3 is 5.97 Å². The van der Waals surface area contributed by atoms with Gasteiger partial charge in [-0.3, -0.25) is 4.68 Å². The van der Waals surface area contributed by atoms with Gasteiger partial charge in [-0.1, -0.05) is 17.7 Å². The van der Waals surface area contributed by atoms with Crippen LogP contribution in [0.3, 0.4) is 0 Å². The van der Waals surface area contributed by atoms with Crippen molar-refractivity contribution in [1.29, 1.82) is 0 Å². The van der Waals surface area contributed by atoms with Crippen LogP contribution in [0.2, 0.25) is 5.02 Å². The Bertz CT molecular complexity index is 548. The minimum atomic E-state index is -1.07. The maximum Gasteiger partial charge on any atom is 0.338 e. The highest BCUT2D eigenvalue weighted by atomic mass is 35.5. The summed E-state index contributed by atoms with van der Waals surface area (Å²) in [6.07, 6.45) is 2.53. The van der Waals surface area contributed by atoms with Gasteiger partial charge in [-0.05, 0) is 12.1 Å². The fourth-order valence-corrected chi connectivity index (χ4v) is 1.63. The highest BCUT2D eigenvalue weighted by molar-refractivity contribution is 6.31. The number of hydrogen-bond donors (Lipinski definition) is 1. The molecule has 17 heavy (non-hydrogen) atoms. The Morgan fingerprint density at radius 2 is 2.29 bits per heavy atom. The Balaban J connectivity index is 2.28. The normalized spacial score (nSPS) is 10.5. The Morgan fingerprint density at radius 3 is 2.88 bits per heavy atom. The van der Waals surface area contributed by atoms with Crippen molar-refractivity contribution in [3.8, 4) is 0 Å². The van der Waals surface area contributed by atoms with Crippen LogP contribution in [0.25, 0.3) is 0 Å². The average molecular weight is 255 g/mol. The van der Waals surface area contributed by atoms with Gasteiger partial charge in [0.15, 0.2) is 0 Å². The molecule has 0 saturated carbocycles. The van der Waals surface area contributed by atoms with Crippen molar-refractivity contribution in [2.24, 2.45) is 0 Å². The number of aromatic nitrogens is 2. The first-order chi connectivity index (χ1) is 8.08. The molecule has 1 aromatic heterocycles. The lowest BCUT2D eigenvalue weighted by Crippen LogP contribution is -2.03. The third kappa shape index (κ3) is 2.45. The van der Waals surface area contributed by atoms with Gasteiger partial charge in [0.1, 0.15) is 5.82 Å². The highest BCUT2D eigenvalue weighted by Crippen LogP contribution is 2.19. The van der Waals surface area contributed by atoms with Crippen LogP contribution in [-0.4, -0.2) is 20.9 Å². The summed E-state index contributed by atoms with van der Waals surface area (Å²) in [5, 5.41) is 12.8. The standard InChI is InChI=1S/C11H8ClFN2O2/c12-9-2-1-3-10(13)8(9)6-15-5-7(4-14-15)11(16)17/h1-5H,6H2,(H,16,17). The highest BCUT2D eigenvalue weighted by Gasteiger charge is 2.10. The molecule has 0 radical (unpaired) electrons. The van der Waals surface area contributed by atoms with Crippen LogP contribution in [0.1, 0.15) is 15.9 Å². The van der Waals surface area contributed by atoms with E-state index in [4.69, 9.17) is 16.7 Å². The second kappa shape index (κ2) is 4.55. The Kier molecular flexibility index (Phi) is 3.10.